The fourth-order valence-electron chi connectivity index (χ4n) is 0.858. The number of hydrogen-bond donors (Lipinski definition) is 0. The van der Waals surface area contributed by atoms with Gasteiger partial charge in [0.05, 0.1) is 5.69 Å². The van der Waals surface area contributed by atoms with E-state index in [0.29, 0.717) is 5.15 Å². The first-order chi connectivity index (χ1) is 6.75. The van der Waals surface area contributed by atoms with Crippen LogP contribution in [0, 0.1) is 0 Å². The molecular weight excluding hydrogens is 304 g/mol. The molecule has 0 atom stereocenters. The summed E-state index contributed by atoms with van der Waals surface area (Å²) in [7, 11) is 2.81. The van der Waals surface area contributed by atoms with E-state index in [1.807, 2.05) is 24.3 Å². The highest BCUT2D eigenvalue weighted by molar-refractivity contribution is 9.10. The van der Waals surface area contributed by atoms with Crippen LogP contribution in [-0.2, 0) is 0 Å². The van der Waals surface area contributed by atoms with Crippen molar-refractivity contribution in [2.45, 2.75) is 0 Å². The zero-order chi connectivity index (χ0) is 9.97. The van der Waals surface area contributed by atoms with Gasteiger partial charge in [0, 0.05) is 15.0 Å². The van der Waals surface area contributed by atoms with Gasteiger partial charge in [0.25, 0.3) is 0 Å². The number of halogens is 2. The second kappa shape index (κ2) is 4.53. The van der Waals surface area contributed by atoms with Crippen molar-refractivity contribution >= 4 is 54.1 Å². The first-order valence-corrected chi connectivity index (χ1v) is 6.95. The summed E-state index contributed by atoms with van der Waals surface area (Å²) in [5.41, 5.74) is 0.881. The fraction of sp³-hybridized carbons (Fsp3) is 0. The maximum absolute atomic E-state index is 5.83. The zero-order valence-corrected chi connectivity index (χ0v) is 10.8. The van der Waals surface area contributed by atoms with Crippen LogP contribution < -0.4 is 4.67 Å². The van der Waals surface area contributed by atoms with Gasteiger partial charge in [-0.25, -0.2) is 4.99 Å². The van der Waals surface area contributed by atoms with Gasteiger partial charge in [-0.3, -0.25) is 0 Å². The van der Waals surface area contributed by atoms with E-state index < -0.39 is 0 Å². The van der Waals surface area contributed by atoms with Crippen molar-refractivity contribution in [1.82, 2.24) is 4.37 Å². The van der Waals surface area contributed by atoms with Crippen molar-refractivity contribution in [3.63, 3.8) is 0 Å². The van der Waals surface area contributed by atoms with Gasteiger partial charge in [-0.2, -0.15) is 4.37 Å². The van der Waals surface area contributed by atoms with Crippen LogP contribution in [0.15, 0.2) is 33.7 Å². The van der Waals surface area contributed by atoms with Crippen molar-refractivity contribution in [3.8, 4) is 0 Å². The molecule has 0 saturated heterocycles. The summed E-state index contributed by atoms with van der Waals surface area (Å²) in [6.45, 7) is 0. The van der Waals surface area contributed by atoms with Crippen LogP contribution in [0.5, 0.6) is 0 Å². The molecule has 2 nitrogen and oxygen atoms in total. The van der Waals surface area contributed by atoms with Crippen LogP contribution in [0.1, 0.15) is 0 Å². The highest BCUT2D eigenvalue weighted by Crippen LogP contribution is 2.17. The zero-order valence-electron chi connectivity index (χ0n) is 6.78. The minimum absolute atomic E-state index is 0.475. The lowest BCUT2D eigenvalue weighted by Crippen LogP contribution is -1.92. The monoisotopic (exact) mass is 306 g/mol. The third-order valence-electron chi connectivity index (χ3n) is 1.47. The summed E-state index contributed by atoms with van der Waals surface area (Å²) in [6, 6.07) is 7.73. The maximum Gasteiger partial charge on any atom is 0.179 e. The number of nitrogens with zero attached hydrogens (tertiary/aromatic N) is 2. The van der Waals surface area contributed by atoms with Crippen molar-refractivity contribution in [1.29, 1.82) is 0 Å². The molecule has 1 aromatic heterocycles. The summed E-state index contributed by atoms with van der Waals surface area (Å²) in [4.78, 5) is 4.36. The average molecular weight is 308 g/mol. The molecule has 14 heavy (non-hydrogen) atoms. The van der Waals surface area contributed by atoms with E-state index in [2.05, 4.69) is 25.3 Å². The van der Waals surface area contributed by atoms with Crippen LogP contribution in [0.4, 0.5) is 5.69 Å². The lowest BCUT2D eigenvalue weighted by Gasteiger charge is -1.91. The molecule has 0 fully saturated rings. The Bertz CT molecular complexity index is 489. The van der Waals surface area contributed by atoms with Crippen LogP contribution >= 0.6 is 48.4 Å². The van der Waals surface area contributed by atoms with E-state index in [1.165, 1.54) is 20.9 Å². The Morgan fingerprint density at radius 3 is 2.57 bits per heavy atom. The molecular formula is C8H4BrClN2S2. The minimum atomic E-state index is 0.475. The number of rotatable bonds is 1. The summed E-state index contributed by atoms with van der Waals surface area (Å²) in [6.07, 6.45) is 0. The molecule has 0 aliphatic heterocycles. The Morgan fingerprint density at radius 2 is 2.00 bits per heavy atom. The maximum atomic E-state index is 5.83. The van der Waals surface area contributed by atoms with E-state index >= 15 is 0 Å². The smallest absolute Gasteiger partial charge is 0.179 e. The third-order valence-corrected chi connectivity index (χ3v) is 4.17. The van der Waals surface area contributed by atoms with Gasteiger partial charge in [-0.05, 0) is 34.6 Å². The van der Waals surface area contributed by atoms with Crippen LogP contribution in [-0.4, -0.2) is 4.37 Å². The van der Waals surface area contributed by atoms with Crippen LogP contribution in [0.2, 0.25) is 5.15 Å². The van der Waals surface area contributed by atoms with E-state index in [-0.39, 0.29) is 0 Å². The van der Waals surface area contributed by atoms with Gasteiger partial charge in [0.1, 0.15) is 0 Å². The predicted octanol–water partition coefficient (Wildman–Crippen LogP) is 3.85. The fourth-order valence-corrected chi connectivity index (χ4v) is 3.11. The highest BCUT2D eigenvalue weighted by atomic mass is 79.9. The van der Waals surface area contributed by atoms with Crippen molar-refractivity contribution in [3.05, 3.63) is 38.6 Å². The van der Waals surface area contributed by atoms with E-state index in [1.54, 1.807) is 0 Å². The summed E-state index contributed by atoms with van der Waals surface area (Å²) in [5.74, 6) is 0. The van der Waals surface area contributed by atoms with Gasteiger partial charge in [-0.1, -0.05) is 27.5 Å². The normalized spacial score (nSPS) is 12.0. The summed E-state index contributed by atoms with van der Waals surface area (Å²) >= 11 is 9.19. The quantitative estimate of drug-likeness (QED) is 0.735. The SMILES string of the molecule is Clc1nssc1=Nc1ccc(Br)cc1. The second-order valence-corrected chi connectivity index (χ2v) is 5.54. The number of hydrogen-bond acceptors (Lipinski definition) is 4. The first-order valence-electron chi connectivity index (χ1n) is 3.67. The van der Waals surface area contributed by atoms with Crippen molar-refractivity contribution < 1.29 is 0 Å². The molecule has 0 N–H and O–H groups in total. The van der Waals surface area contributed by atoms with Gasteiger partial charge in [0.15, 0.2) is 9.82 Å². The van der Waals surface area contributed by atoms with Gasteiger partial charge in [0.2, 0.25) is 0 Å². The first kappa shape index (κ1) is 10.3. The molecule has 6 heteroatoms. The Hall–Kier alpha value is -0.230. The molecule has 0 bridgehead atoms. The standard InChI is InChI=1S/C8H4BrClN2S2/c9-5-1-3-6(4-2-5)11-8-7(10)12-14-13-8/h1-4H. The largest absolute Gasteiger partial charge is 0.234 e. The van der Waals surface area contributed by atoms with Crippen LogP contribution in [0.3, 0.4) is 0 Å². The van der Waals surface area contributed by atoms with Gasteiger partial charge in [-0.15, -0.1) is 0 Å². The minimum Gasteiger partial charge on any atom is -0.234 e. The molecule has 0 unspecified atom stereocenters. The molecule has 0 radical (unpaired) electrons. The molecule has 2 aromatic rings. The highest BCUT2D eigenvalue weighted by Gasteiger charge is 1.96. The number of benzene rings is 1. The van der Waals surface area contributed by atoms with Crippen molar-refractivity contribution in [2.24, 2.45) is 4.99 Å². The van der Waals surface area contributed by atoms with Crippen molar-refractivity contribution in [2.75, 3.05) is 0 Å². The van der Waals surface area contributed by atoms with Crippen LogP contribution in [0.25, 0.3) is 0 Å². The molecule has 0 saturated carbocycles. The molecule has 0 amide bonds. The Labute approximate surface area is 102 Å². The predicted molar refractivity (Wildman–Crippen MR) is 64.4 cm³/mol. The summed E-state index contributed by atoms with van der Waals surface area (Å²) in [5, 5.41) is 0.475. The topological polar surface area (TPSA) is 25.2 Å². The average Bonchev–Trinajstić information content (AvgIpc) is 2.56. The molecule has 1 aromatic carbocycles. The number of aromatic nitrogens is 1. The molecule has 0 aliphatic rings. The third kappa shape index (κ3) is 2.42. The molecule has 0 aliphatic carbocycles. The van der Waals surface area contributed by atoms with Gasteiger partial charge < -0.3 is 0 Å². The molecule has 1 heterocycles. The Kier molecular flexibility index (Phi) is 3.33. The van der Waals surface area contributed by atoms with Gasteiger partial charge >= 0.3 is 0 Å². The van der Waals surface area contributed by atoms with E-state index in [4.69, 9.17) is 11.6 Å². The second-order valence-electron chi connectivity index (χ2n) is 2.43. The van der Waals surface area contributed by atoms with E-state index in [0.717, 1.165) is 14.8 Å². The van der Waals surface area contributed by atoms with E-state index in [9.17, 15) is 0 Å². The Morgan fingerprint density at radius 1 is 1.29 bits per heavy atom. The summed E-state index contributed by atoms with van der Waals surface area (Å²) < 4.78 is 5.75. The molecule has 0 spiro atoms. The lowest BCUT2D eigenvalue weighted by atomic mass is 10.3. The lowest BCUT2D eigenvalue weighted by molar-refractivity contribution is 1.37. The molecule has 72 valence electrons. The Balaban J connectivity index is 2.44. The molecule has 2 rings (SSSR count).